The van der Waals surface area contributed by atoms with E-state index in [1.165, 1.54) is 12.4 Å². The minimum Gasteiger partial charge on any atom is -0.429 e. The van der Waals surface area contributed by atoms with E-state index in [0.29, 0.717) is 0 Å². The highest BCUT2D eigenvalue weighted by Crippen LogP contribution is 1.80. The fourth-order valence-corrected chi connectivity index (χ4v) is 0.349. The minimum atomic E-state index is -0.562. The van der Waals surface area contributed by atoms with Crippen LogP contribution in [0.25, 0.3) is 0 Å². The lowest BCUT2D eigenvalue weighted by molar-refractivity contribution is -0.542. The molecule has 8 heteroatoms. The maximum absolute atomic E-state index is 9.79. The van der Waals surface area contributed by atoms with Crippen molar-refractivity contribution in [3.05, 3.63) is 28.8 Å². The Morgan fingerprint density at radius 2 is 2.18 bits per heavy atom. The van der Waals surface area contributed by atoms with Gasteiger partial charge in [-0.25, -0.2) is 15.1 Å². The zero-order valence-electron chi connectivity index (χ0n) is 5.36. The monoisotopic (exact) mass is 158 g/mol. The molecule has 0 saturated carbocycles. The number of aromatic nitrogens is 2. The average Bonchev–Trinajstić information content (AvgIpc) is 2.38. The summed E-state index contributed by atoms with van der Waals surface area (Å²) >= 11 is 0. The van der Waals surface area contributed by atoms with Gasteiger partial charge < -0.3 is 10.0 Å². The molecule has 1 aromatic heterocycles. The fourth-order valence-electron chi connectivity index (χ4n) is 0.349. The number of hydrogen-bond donors (Lipinski definition) is 2. The Labute approximate surface area is 62.3 Å². The van der Waals surface area contributed by atoms with Crippen molar-refractivity contribution in [1.82, 2.24) is 9.66 Å². The van der Waals surface area contributed by atoms with Gasteiger partial charge in [-0.1, -0.05) is 4.68 Å². The molecule has 1 rings (SSSR count). The molecule has 0 aliphatic rings. The standard InChI is InChI=1S/C3H3N3O2.BH2O2/c7-6(8)5-2-1-4-3-5;2-1-3/h1-3H;2-3H. The second kappa shape index (κ2) is 5.39. The third kappa shape index (κ3) is 4.06. The van der Waals surface area contributed by atoms with Crippen LogP contribution < -0.4 is 0 Å². The van der Waals surface area contributed by atoms with Crippen molar-refractivity contribution in [1.29, 1.82) is 0 Å². The first kappa shape index (κ1) is 9.59. The zero-order chi connectivity index (χ0) is 8.69. The topological polar surface area (TPSA) is 101 Å². The van der Waals surface area contributed by atoms with E-state index >= 15 is 0 Å². The van der Waals surface area contributed by atoms with Crippen molar-refractivity contribution in [2.45, 2.75) is 0 Å². The second-order valence-electron chi connectivity index (χ2n) is 1.30. The van der Waals surface area contributed by atoms with Crippen LogP contribution >= 0.6 is 0 Å². The second-order valence-corrected chi connectivity index (χ2v) is 1.30. The Morgan fingerprint density at radius 3 is 2.36 bits per heavy atom. The van der Waals surface area contributed by atoms with Crippen LogP contribution in [0.5, 0.6) is 0 Å². The van der Waals surface area contributed by atoms with Gasteiger partial charge in [-0.05, 0) is 0 Å². The molecule has 59 valence electrons. The van der Waals surface area contributed by atoms with Crippen LogP contribution in [-0.4, -0.2) is 32.4 Å². The van der Waals surface area contributed by atoms with E-state index in [-0.39, 0.29) is 7.69 Å². The summed E-state index contributed by atoms with van der Waals surface area (Å²) in [4.78, 5) is 13.3. The molecule has 0 amide bonds. The van der Waals surface area contributed by atoms with E-state index < -0.39 is 5.03 Å². The SMILES string of the molecule is O=[N+]([O-])n1ccnc1.O[B]O. The van der Waals surface area contributed by atoms with E-state index in [2.05, 4.69) is 4.98 Å². The summed E-state index contributed by atoms with van der Waals surface area (Å²) in [5.41, 5.74) is 0. The summed E-state index contributed by atoms with van der Waals surface area (Å²) < 4.78 is 0.778. The largest absolute Gasteiger partial charge is 0.482 e. The Balaban J connectivity index is 0.000000292. The Hall–Kier alpha value is -1.41. The van der Waals surface area contributed by atoms with Crippen molar-refractivity contribution < 1.29 is 15.1 Å². The van der Waals surface area contributed by atoms with Crippen molar-refractivity contribution >= 4 is 7.69 Å². The maximum Gasteiger partial charge on any atom is 0.482 e. The molecular formula is C3H5BN3O4. The third-order valence-electron chi connectivity index (χ3n) is 0.679. The van der Waals surface area contributed by atoms with Gasteiger partial charge in [0.2, 0.25) is 0 Å². The lowest BCUT2D eigenvalue weighted by atomic mass is 10.5. The van der Waals surface area contributed by atoms with Gasteiger partial charge in [0.25, 0.3) is 0 Å². The first-order chi connectivity index (χ1) is 5.22. The quantitative estimate of drug-likeness (QED) is 0.292. The van der Waals surface area contributed by atoms with Gasteiger partial charge in [0, 0.05) is 0 Å². The molecule has 0 atom stereocenters. The zero-order valence-corrected chi connectivity index (χ0v) is 5.36. The number of hydrogen-bond acceptors (Lipinski definition) is 5. The molecule has 11 heavy (non-hydrogen) atoms. The smallest absolute Gasteiger partial charge is 0.429 e. The highest BCUT2D eigenvalue weighted by molar-refractivity contribution is 6.13. The van der Waals surface area contributed by atoms with Crippen LogP contribution in [0.1, 0.15) is 0 Å². The summed E-state index contributed by atoms with van der Waals surface area (Å²) in [6.45, 7) is 0. The highest BCUT2D eigenvalue weighted by Gasteiger charge is 1.94. The van der Waals surface area contributed by atoms with Crippen LogP contribution in [0, 0.1) is 10.1 Å². The molecule has 1 aromatic rings. The van der Waals surface area contributed by atoms with Crippen LogP contribution in [0.3, 0.4) is 0 Å². The maximum atomic E-state index is 9.79. The summed E-state index contributed by atoms with van der Waals surface area (Å²) in [6.07, 6.45) is 3.74. The van der Waals surface area contributed by atoms with Crippen LogP contribution in [0.15, 0.2) is 18.7 Å². The summed E-state index contributed by atoms with van der Waals surface area (Å²) in [7, 11) is 0. The Morgan fingerprint density at radius 1 is 1.64 bits per heavy atom. The molecular weight excluding hydrogens is 153 g/mol. The predicted molar refractivity (Wildman–Crippen MR) is 34.8 cm³/mol. The Kier molecular flexibility index (Phi) is 4.70. The first-order valence-electron chi connectivity index (χ1n) is 2.45. The van der Waals surface area contributed by atoms with Gasteiger partial charge in [0.15, 0.2) is 11.4 Å². The van der Waals surface area contributed by atoms with Gasteiger partial charge >= 0.3 is 7.69 Å². The van der Waals surface area contributed by atoms with E-state index in [1.54, 1.807) is 0 Å². The molecule has 1 radical (unpaired) electrons. The molecule has 0 aliphatic heterocycles. The number of nitrogens with zero attached hydrogens (tertiary/aromatic N) is 3. The van der Waals surface area contributed by atoms with E-state index in [9.17, 15) is 10.1 Å². The molecule has 0 bridgehead atoms. The minimum absolute atomic E-state index is 0. The fraction of sp³-hybridized carbons (Fsp3) is 0. The molecule has 0 saturated heterocycles. The molecule has 2 N–H and O–H groups in total. The van der Waals surface area contributed by atoms with E-state index in [0.717, 1.165) is 11.0 Å². The van der Waals surface area contributed by atoms with Gasteiger partial charge in [0.1, 0.15) is 0 Å². The molecule has 0 aromatic carbocycles. The van der Waals surface area contributed by atoms with Crippen LogP contribution in [0.4, 0.5) is 0 Å². The number of rotatable bonds is 1. The van der Waals surface area contributed by atoms with Crippen molar-refractivity contribution in [2.75, 3.05) is 0 Å². The van der Waals surface area contributed by atoms with Gasteiger partial charge in [-0.2, -0.15) is 0 Å². The van der Waals surface area contributed by atoms with Gasteiger partial charge in [-0.3, -0.25) is 0 Å². The summed E-state index contributed by atoms with van der Waals surface area (Å²) in [5.74, 6) is 0. The summed E-state index contributed by atoms with van der Waals surface area (Å²) in [6, 6.07) is 0. The highest BCUT2D eigenvalue weighted by atomic mass is 16.7. The number of nitro groups is 1. The molecule has 0 spiro atoms. The molecule has 0 aliphatic carbocycles. The molecule has 7 nitrogen and oxygen atoms in total. The van der Waals surface area contributed by atoms with Crippen molar-refractivity contribution in [3.8, 4) is 0 Å². The average molecular weight is 158 g/mol. The van der Waals surface area contributed by atoms with Crippen molar-refractivity contribution in [3.63, 3.8) is 0 Å². The molecule has 1 heterocycles. The summed E-state index contributed by atoms with van der Waals surface area (Å²) in [5, 5.41) is 23.2. The lowest BCUT2D eigenvalue weighted by Gasteiger charge is -1.81. The molecule has 0 unspecified atom stereocenters. The number of imidazole rings is 1. The normalized spacial score (nSPS) is 7.82. The van der Waals surface area contributed by atoms with E-state index in [1.807, 2.05) is 0 Å². The van der Waals surface area contributed by atoms with Crippen LogP contribution in [0.2, 0.25) is 0 Å². The predicted octanol–water partition coefficient (Wildman–Crippen LogP) is -1.57. The van der Waals surface area contributed by atoms with Crippen molar-refractivity contribution in [2.24, 2.45) is 0 Å². The molecule has 0 fully saturated rings. The lowest BCUT2D eigenvalue weighted by Crippen LogP contribution is -2.04. The first-order valence-corrected chi connectivity index (χ1v) is 2.45. The van der Waals surface area contributed by atoms with Gasteiger partial charge in [0.05, 0.1) is 12.4 Å². The Bertz CT molecular complexity index is 200. The van der Waals surface area contributed by atoms with E-state index in [4.69, 9.17) is 10.0 Å². The van der Waals surface area contributed by atoms with Crippen LogP contribution in [-0.2, 0) is 0 Å². The van der Waals surface area contributed by atoms with Gasteiger partial charge in [-0.15, -0.1) is 0 Å². The third-order valence-corrected chi connectivity index (χ3v) is 0.679.